The minimum atomic E-state index is -0.457. The molecule has 0 atom stereocenters. The summed E-state index contributed by atoms with van der Waals surface area (Å²) in [6.45, 7) is 5.69. The van der Waals surface area contributed by atoms with Gasteiger partial charge < -0.3 is 4.74 Å². The molecule has 0 aliphatic carbocycles. The first-order valence-corrected chi connectivity index (χ1v) is 5.30. The number of ether oxygens (including phenoxy) is 1. The lowest BCUT2D eigenvalue weighted by atomic mass is 9.91. The molecule has 0 fully saturated rings. The molecule has 0 saturated carbocycles. The van der Waals surface area contributed by atoms with Crippen molar-refractivity contribution in [1.29, 1.82) is 0 Å². The molecule has 3 heteroatoms. The summed E-state index contributed by atoms with van der Waals surface area (Å²) in [6.07, 6.45) is 0.404. The number of hydrogen-bond acceptors (Lipinski definition) is 2. The number of aryl methyl sites for hydroxylation is 1. The van der Waals surface area contributed by atoms with Gasteiger partial charge in [0.05, 0.1) is 17.0 Å². The van der Waals surface area contributed by atoms with E-state index in [-0.39, 0.29) is 5.78 Å². The van der Waals surface area contributed by atoms with Gasteiger partial charge in [-0.25, -0.2) is 0 Å². The Balaban J connectivity index is 2.64. The molecule has 0 N–H and O–H groups in total. The fourth-order valence-electron chi connectivity index (χ4n) is 1.89. The van der Waals surface area contributed by atoms with Crippen molar-refractivity contribution in [3.63, 3.8) is 0 Å². The van der Waals surface area contributed by atoms with Gasteiger partial charge in [0.25, 0.3) is 0 Å². The average Bonchev–Trinajstić information content (AvgIpc) is 2.09. The van der Waals surface area contributed by atoms with Crippen molar-refractivity contribution in [1.82, 2.24) is 0 Å². The van der Waals surface area contributed by atoms with E-state index in [0.717, 1.165) is 5.56 Å². The van der Waals surface area contributed by atoms with Crippen LogP contribution < -0.4 is 4.74 Å². The highest BCUT2D eigenvalue weighted by molar-refractivity contribution is 6.33. The van der Waals surface area contributed by atoms with Gasteiger partial charge in [-0.05, 0) is 32.4 Å². The van der Waals surface area contributed by atoms with E-state index in [1.165, 1.54) is 0 Å². The van der Waals surface area contributed by atoms with Crippen molar-refractivity contribution in [2.75, 3.05) is 0 Å². The van der Waals surface area contributed by atoms with Crippen LogP contribution in [0.1, 0.15) is 36.2 Å². The second-order valence-electron chi connectivity index (χ2n) is 4.53. The third kappa shape index (κ3) is 1.74. The largest absolute Gasteiger partial charge is 0.485 e. The summed E-state index contributed by atoms with van der Waals surface area (Å²) in [6, 6.07) is 3.62. The number of rotatable bonds is 0. The fourth-order valence-corrected chi connectivity index (χ4v) is 2.09. The summed E-state index contributed by atoms with van der Waals surface area (Å²) in [5, 5.41) is 0.511. The summed E-state index contributed by atoms with van der Waals surface area (Å²) >= 11 is 6.03. The van der Waals surface area contributed by atoms with E-state index in [1.54, 1.807) is 6.07 Å². The summed E-state index contributed by atoms with van der Waals surface area (Å²) in [7, 11) is 0. The molecule has 0 unspecified atom stereocenters. The first-order valence-electron chi connectivity index (χ1n) is 4.92. The third-order valence-corrected chi connectivity index (χ3v) is 2.86. The number of fused-ring (bicyclic) bond motifs is 1. The summed E-state index contributed by atoms with van der Waals surface area (Å²) in [5.41, 5.74) is 1.11. The molecule has 0 aromatic heterocycles. The molecule has 0 saturated heterocycles. The topological polar surface area (TPSA) is 26.3 Å². The van der Waals surface area contributed by atoms with Gasteiger partial charge in [0.1, 0.15) is 11.4 Å². The fraction of sp³-hybridized carbons (Fsp3) is 0.417. The molecule has 0 radical (unpaired) electrons. The maximum Gasteiger partial charge on any atom is 0.170 e. The quantitative estimate of drug-likeness (QED) is 0.675. The van der Waals surface area contributed by atoms with Gasteiger partial charge >= 0.3 is 0 Å². The van der Waals surface area contributed by atoms with Gasteiger partial charge in [0.15, 0.2) is 5.78 Å². The van der Waals surface area contributed by atoms with Crippen LogP contribution in [0, 0.1) is 6.92 Å². The Hall–Kier alpha value is -1.02. The molecule has 80 valence electrons. The minimum Gasteiger partial charge on any atom is -0.485 e. The predicted molar refractivity (Wildman–Crippen MR) is 59.8 cm³/mol. The molecule has 1 heterocycles. The SMILES string of the molecule is Cc1ccc(Cl)c2c1C(=O)CC(C)(C)O2. The van der Waals surface area contributed by atoms with E-state index in [0.29, 0.717) is 22.8 Å². The zero-order chi connectivity index (χ0) is 11.2. The molecule has 0 spiro atoms. The highest BCUT2D eigenvalue weighted by Gasteiger charge is 2.34. The van der Waals surface area contributed by atoms with Crippen molar-refractivity contribution in [3.05, 3.63) is 28.3 Å². The Morgan fingerprint density at radius 2 is 2.07 bits per heavy atom. The molecular formula is C12H13ClO2. The molecular weight excluding hydrogens is 212 g/mol. The lowest BCUT2D eigenvalue weighted by Gasteiger charge is -2.32. The second kappa shape index (κ2) is 3.24. The summed E-state index contributed by atoms with van der Waals surface area (Å²) < 4.78 is 5.75. The molecule has 0 bridgehead atoms. The number of hydrogen-bond donors (Lipinski definition) is 0. The number of ketones is 1. The molecule has 2 nitrogen and oxygen atoms in total. The Morgan fingerprint density at radius 3 is 2.73 bits per heavy atom. The van der Waals surface area contributed by atoms with Crippen LogP contribution in [0.25, 0.3) is 0 Å². The molecule has 1 aromatic carbocycles. The van der Waals surface area contributed by atoms with Crippen LogP contribution in [0.5, 0.6) is 5.75 Å². The van der Waals surface area contributed by atoms with E-state index in [9.17, 15) is 4.79 Å². The Bertz CT molecular complexity index is 435. The zero-order valence-corrected chi connectivity index (χ0v) is 9.81. The first kappa shape index (κ1) is 10.5. The van der Waals surface area contributed by atoms with Gasteiger partial charge in [-0.3, -0.25) is 4.79 Å². The van der Waals surface area contributed by atoms with Crippen molar-refractivity contribution in [2.45, 2.75) is 32.8 Å². The van der Waals surface area contributed by atoms with Crippen LogP contribution in [-0.4, -0.2) is 11.4 Å². The van der Waals surface area contributed by atoms with E-state index < -0.39 is 5.60 Å². The number of carbonyl (C=O) groups is 1. The summed E-state index contributed by atoms with van der Waals surface area (Å²) in [4.78, 5) is 11.9. The number of halogens is 1. The monoisotopic (exact) mass is 224 g/mol. The van der Waals surface area contributed by atoms with E-state index in [1.807, 2.05) is 26.8 Å². The Labute approximate surface area is 94.2 Å². The van der Waals surface area contributed by atoms with Gasteiger partial charge in [-0.2, -0.15) is 0 Å². The third-order valence-electron chi connectivity index (χ3n) is 2.56. The molecule has 2 rings (SSSR count). The average molecular weight is 225 g/mol. The van der Waals surface area contributed by atoms with Gasteiger partial charge in [0.2, 0.25) is 0 Å². The molecule has 1 aliphatic heterocycles. The first-order chi connectivity index (χ1) is 6.91. The lowest BCUT2D eigenvalue weighted by molar-refractivity contribution is 0.0619. The van der Waals surface area contributed by atoms with Gasteiger partial charge in [0, 0.05) is 0 Å². The van der Waals surface area contributed by atoms with Crippen molar-refractivity contribution >= 4 is 17.4 Å². The van der Waals surface area contributed by atoms with Crippen LogP contribution in [0.2, 0.25) is 5.02 Å². The zero-order valence-electron chi connectivity index (χ0n) is 9.06. The molecule has 1 aromatic rings. The number of benzene rings is 1. The maximum atomic E-state index is 11.9. The maximum absolute atomic E-state index is 11.9. The van der Waals surface area contributed by atoms with E-state index in [4.69, 9.17) is 16.3 Å². The van der Waals surface area contributed by atoms with E-state index in [2.05, 4.69) is 0 Å². The number of Topliss-reactive ketones (excluding diaryl/α,β-unsaturated/α-hetero) is 1. The van der Waals surface area contributed by atoms with Crippen molar-refractivity contribution < 1.29 is 9.53 Å². The predicted octanol–water partition coefficient (Wildman–Crippen LogP) is 3.39. The van der Waals surface area contributed by atoms with Crippen LogP contribution >= 0.6 is 11.6 Å². The van der Waals surface area contributed by atoms with E-state index >= 15 is 0 Å². The van der Waals surface area contributed by atoms with Gasteiger partial charge in [-0.15, -0.1) is 0 Å². The van der Waals surface area contributed by atoms with Crippen LogP contribution in [0.4, 0.5) is 0 Å². The Kier molecular flexibility index (Phi) is 2.27. The highest BCUT2D eigenvalue weighted by Crippen LogP contribution is 2.39. The van der Waals surface area contributed by atoms with Crippen LogP contribution in [0.15, 0.2) is 12.1 Å². The smallest absolute Gasteiger partial charge is 0.170 e. The van der Waals surface area contributed by atoms with Crippen molar-refractivity contribution in [3.8, 4) is 5.75 Å². The minimum absolute atomic E-state index is 0.112. The highest BCUT2D eigenvalue weighted by atomic mass is 35.5. The molecule has 1 aliphatic rings. The number of carbonyl (C=O) groups excluding carboxylic acids is 1. The summed E-state index contributed by atoms with van der Waals surface area (Å²) in [5.74, 6) is 0.652. The van der Waals surface area contributed by atoms with Crippen molar-refractivity contribution in [2.24, 2.45) is 0 Å². The standard InChI is InChI=1S/C12H13ClO2/c1-7-4-5-8(13)11-10(7)9(14)6-12(2,3)15-11/h4-5H,6H2,1-3H3. The molecule has 0 amide bonds. The Morgan fingerprint density at radius 1 is 1.40 bits per heavy atom. The van der Waals surface area contributed by atoms with Gasteiger partial charge in [-0.1, -0.05) is 17.7 Å². The normalized spacial score (nSPS) is 18.3. The van der Waals surface area contributed by atoms with Crippen LogP contribution in [0.3, 0.4) is 0 Å². The lowest BCUT2D eigenvalue weighted by Crippen LogP contribution is -2.36. The molecule has 15 heavy (non-hydrogen) atoms. The van der Waals surface area contributed by atoms with Crippen LogP contribution in [-0.2, 0) is 0 Å². The second-order valence-corrected chi connectivity index (χ2v) is 4.94.